The summed E-state index contributed by atoms with van der Waals surface area (Å²) in [5.41, 5.74) is 2.11. The Morgan fingerprint density at radius 2 is 1.59 bits per heavy atom. The normalized spacial score (nSPS) is 10.8. The van der Waals surface area contributed by atoms with Gasteiger partial charge in [0.1, 0.15) is 17.1 Å². The average Bonchev–Trinajstić information content (AvgIpc) is 2.65. The molecule has 0 bridgehead atoms. The Bertz CT molecular complexity index is 1100. The maximum Gasteiger partial charge on any atom is 0.426 e. The third-order valence-electron chi connectivity index (χ3n) is 4.18. The Labute approximate surface area is 166 Å². The first-order chi connectivity index (χ1) is 13.1. The summed E-state index contributed by atoms with van der Waals surface area (Å²) in [6.45, 7) is -0.593. The zero-order valence-corrected chi connectivity index (χ0v) is 15.6. The van der Waals surface area contributed by atoms with E-state index in [9.17, 15) is 4.39 Å². The highest BCUT2D eigenvalue weighted by atomic mass is 35.5. The molecule has 1 aromatic heterocycles. The molecular weight excluding hydrogens is 383 g/mol. The van der Waals surface area contributed by atoms with Crippen LogP contribution in [0, 0.1) is 5.82 Å². The number of halogens is 3. The van der Waals surface area contributed by atoms with E-state index in [1.165, 1.54) is 12.1 Å². The van der Waals surface area contributed by atoms with Crippen LogP contribution in [-0.2, 0) is 0 Å². The Kier molecular flexibility index (Phi) is 5.02. The molecule has 0 unspecified atom stereocenters. The first-order valence-corrected chi connectivity index (χ1v) is 9.07. The van der Waals surface area contributed by atoms with Crippen LogP contribution in [0.2, 0.25) is 10.0 Å². The van der Waals surface area contributed by atoms with Crippen LogP contribution in [-0.4, -0.2) is 11.9 Å². The lowest BCUT2D eigenvalue weighted by molar-refractivity contribution is 0.595. The molecule has 0 radical (unpaired) electrons. The van der Waals surface area contributed by atoms with Gasteiger partial charge in [-0.2, -0.15) is 0 Å². The molecule has 4 rings (SSSR count). The van der Waals surface area contributed by atoms with Gasteiger partial charge in [0.25, 0.3) is 0 Å². The molecule has 0 spiro atoms. The molecule has 0 fully saturated rings. The lowest BCUT2D eigenvalue weighted by atomic mass is 9.55. The lowest BCUT2D eigenvalue weighted by Gasteiger charge is -2.18. The minimum absolute atomic E-state index is 0.302. The van der Waals surface area contributed by atoms with Crippen LogP contribution in [0.15, 0.2) is 79.0 Å². The number of aromatic nitrogens is 1. The molecule has 0 saturated carbocycles. The number of nitrogens with zero attached hydrogens (tertiary/aromatic N) is 1. The summed E-state index contributed by atoms with van der Waals surface area (Å²) in [6.07, 6.45) is 1.71. The monoisotopic (exact) mass is 395 g/mol. The summed E-state index contributed by atoms with van der Waals surface area (Å²) in [6, 6.07) is 21.2. The van der Waals surface area contributed by atoms with E-state index in [2.05, 4.69) is 4.98 Å². The molecule has 0 atom stereocenters. The van der Waals surface area contributed by atoms with Crippen molar-refractivity contribution in [1.29, 1.82) is 0 Å². The number of para-hydroxylation sites is 1. The largest absolute Gasteiger partial charge is 0.550 e. The number of rotatable bonds is 4. The molecule has 4 aromatic rings. The van der Waals surface area contributed by atoms with Crippen molar-refractivity contribution in [2.24, 2.45) is 0 Å². The van der Waals surface area contributed by atoms with Gasteiger partial charge in [-0.3, -0.25) is 4.98 Å². The van der Waals surface area contributed by atoms with E-state index >= 15 is 0 Å². The molecule has 0 aliphatic carbocycles. The summed E-state index contributed by atoms with van der Waals surface area (Å²) >= 11 is 12.2. The van der Waals surface area contributed by atoms with Gasteiger partial charge in [0.15, 0.2) is 0 Å². The van der Waals surface area contributed by atoms with E-state index < -0.39 is 12.7 Å². The second kappa shape index (κ2) is 7.59. The topological polar surface area (TPSA) is 22.1 Å². The van der Waals surface area contributed by atoms with Crippen molar-refractivity contribution in [1.82, 2.24) is 4.98 Å². The number of hydrogen-bond acceptors (Lipinski definition) is 2. The lowest BCUT2D eigenvalue weighted by Crippen LogP contribution is -2.47. The van der Waals surface area contributed by atoms with Crippen LogP contribution < -0.4 is 15.6 Å². The van der Waals surface area contributed by atoms with Crippen molar-refractivity contribution in [2.75, 3.05) is 0 Å². The molecule has 2 nitrogen and oxygen atoms in total. The fourth-order valence-electron chi connectivity index (χ4n) is 3.02. The van der Waals surface area contributed by atoms with Crippen molar-refractivity contribution in [2.45, 2.75) is 0 Å². The molecule has 27 heavy (non-hydrogen) atoms. The molecule has 0 aliphatic heterocycles. The van der Waals surface area contributed by atoms with E-state index in [1.54, 1.807) is 24.4 Å². The van der Waals surface area contributed by atoms with Gasteiger partial charge in [-0.15, -0.1) is 0 Å². The third-order valence-corrected chi connectivity index (χ3v) is 4.63. The van der Waals surface area contributed by atoms with E-state index in [4.69, 9.17) is 27.9 Å². The number of fused-ring (bicyclic) bond motifs is 1. The molecule has 0 amide bonds. The molecule has 0 aliphatic rings. The molecule has 132 valence electrons. The van der Waals surface area contributed by atoms with Crippen molar-refractivity contribution >= 4 is 51.9 Å². The molecule has 1 heterocycles. The Balaban J connectivity index is 1.85. The fourth-order valence-corrected chi connectivity index (χ4v) is 3.45. The Morgan fingerprint density at radius 3 is 2.41 bits per heavy atom. The first-order valence-electron chi connectivity index (χ1n) is 8.32. The summed E-state index contributed by atoms with van der Waals surface area (Å²) in [7, 11) is 0. The van der Waals surface area contributed by atoms with Gasteiger partial charge in [0.05, 0.1) is 0 Å². The van der Waals surface area contributed by atoms with Gasteiger partial charge in [0, 0.05) is 21.6 Å². The second-order valence-corrected chi connectivity index (χ2v) is 6.96. The highest BCUT2D eigenvalue weighted by Gasteiger charge is 2.26. The van der Waals surface area contributed by atoms with Gasteiger partial charge in [-0.05, 0) is 53.4 Å². The van der Waals surface area contributed by atoms with Crippen LogP contribution in [0.1, 0.15) is 0 Å². The van der Waals surface area contributed by atoms with Crippen LogP contribution >= 0.6 is 23.2 Å². The minimum Gasteiger partial charge on any atom is -0.550 e. The maximum absolute atomic E-state index is 14.0. The molecular formula is C21H13BCl2FNO. The van der Waals surface area contributed by atoms with E-state index in [0.29, 0.717) is 21.3 Å². The van der Waals surface area contributed by atoms with Crippen molar-refractivity contribution in [3.8, 4) is 5.75 Å². The van der Waals surface area contributed by atoms with Gasteiger partial charge < -0.3 is 4.65 Å². The molecule has 3 aromatic carbocycles. The fraction of sp³-hybridized carbons (Fsp3) is 0. The van der Waals surface area contributed by atoms with E-state index in [0.717, 1.165) is 16.4 Å². The third kappa shape index (κ3) is 3.92. The SMILES string of the molecule is Fc1cc(Cl)cc(B(Oc2cccc3cccnc23)c2cccc(Cl)c2)c1. The van der Waals surface area contributed by atoms with Gasteiger partial charge >= 0.3 is 6.92 Å². The summed E-state index contributed by atoms with van der Waals surface area (Å²) < 4.78 is 20.3. The summed E-state index contributed by atoms with van der Waals surface area (Å²) in [4.78, 5) is 4.42. The van der Waals surface area contributed by atoms with Crippen molar-refractivity contribution in [3.63, 3.8) is 0 Å². The van der Waals surface area contributed by atoms with Gasteiger partial charge in [0.2, 0.25) is 0 Å². The maximum atomic E-state index is 14.0. The Hall–Kier alpha value is -2.56. The van der Waals surface area contributed by atoms with Crippen LogP contribution in [0.5, 0.6) is 5.75 Å². The quantitative estimate of drug-likeness (QED) is 0.460. The second-order valence-electron chi connectivity index (χ2n) is 6.09. The minimum atomic E-state index is -0.593. The molecule has 0 N–H and O–H groups in total. The van der Waals surface area contributed by atoms with Crippen LogP contribution in [0.4, 0.5) is 4.39 Å². The zero-order valence-electron chi connectivity index (χ0n) is 14.1. The van der Waals surface area contributed by atoms with E-state index in [-0.39, 0.29) is 0 Å². The number of pyridine rings is 1. The predicted octanol–water partition coefficient (Wildman–Crippen LogP) is 4.87. The summed E-state index contributed by atoms with van der Waals surface area (Å²) in [5.74, 6) is 0.169. The Morgan fingerprint density at radius 1 is 0.815 bits per heavy atom. The van der Waals surface area contributed by atoms with Crippen LogP contribution in [0.3, 0.4) is 0 Å². The van der Waals surface area contributed by atoms with Gasteiger partial charge in [-0.1, -0.05) is 53.5 Å². The number of benzene rings is 3. The smallest absolute Gasteiger partial charge is 0.426 e. The van der Waals surface area contributed by atoms with Crippen molar-refractivity contribution in [3.05, 3.63) is 94.9 Å². The van der Waals surface area contributed by atoms with Gasteiger partial charge in [-0.25, -0.2) is 4.39 Å². The van der Waals surface area contributed by atoms with Crippen LogP contribution in [0.25, 0.3) is 10.9 Å². The molecule has 6 heteroatoms. The number of hydrogen-bond donors (Lipinski definition) is 0. The van der Waals surface area contributed by atoms with Crippen molar-refractivity contribution < 1.29 is 9.04 Å². The predicted molar refractivity (Wildman–Crippen MR) is 110 cm³/mol. The zero-order chi connectivity index (χ0) is 18.8. The standard InChI is InChI=1S/C21H13BCl2FNO/c23-17-7-2-6-15(10-17)22(16-11-18(24)13-19(25)12-16)27-20-8-1-4-14-5-3-9-26-21(14)20/h1-13H. The van der Waals surface area contributed by atoms with E-state index in [1.807, 2.05) is 42.5 Å². The highest BCUT2D eigenvalue weighted by molar-refractivity contribution is 6.80. The molecule has 0 saturated heterocycles. The highest BCUT2D eigenvalue weighted by Crippen LogP contribution is 2.24. The summed E-state index contributed by atoms with van der Waals surface area (Å²) in [5, 5.41) is 1.83. The average molecular weight is 396 g/mol. The first kappa shape index (κ1) is 17.8.